The lowest BCUT2D eigenvalue weighted by molar-refractivity contribution is -0.120. The molecule has 176 valence electrons. The van der Waals surface area contributed by atoms with Crippen LogP contribution in [0, 0.1) is 5.92 Å². The molecule has 2 fully saturated rings. The molecule has 0 aliphatic heterocycles. The first-order valence-corrected chi connectivity index (χ1v) is 11.1. The van der Waals surface area contributed by atoms with E-state index in [1.54, 1.807) is 23.7 Å². The molecule has 10 heteroatoms. The number of imidazole rings is 1. The highest BCUT2D eigenvalue weighted by Gasteiger charge is 2.57. The van der Waals surface area contributed by atoms with Crippen LogP contribution in [0.4, 0.5) is 8.78 Å². The van der Waals surface area contributed by atoms with Gasteiger partial charge in [-0.25, -0.2) is 8.78 Å². The van der Waals surface area contributed by atoms with Crippen LogP contribution >= 0.6 is 0 Å². The summed E-state index contributed by atoms with van der Waals surface area (Å²) in [6.45, 7) is 3.87. The van der Waals surface area contributed by atoms with Crippen molar-refractivity contribution in [3.63, 3.8) is 0 Å². The number of hydrogen-bond donors (Lipinski definition) is 1. The summed E-state index contributed by atoms with van der Waals surface area (Å²) >= 11 is 0. The van der Waals surface area contributed by atoms with Crippen LogP contribution < -0.4 is 14.8 Å². The fraction of sp³-hybridized carbons (Fsp3) is 0.682. The number of aromatic nitrogens is 3. The van der Waals surface area contributed by atoms with Crippen molar-refractivity contribution >= 4 is 17.1 Å². The van der Waals surface area contributed by atoms with E-state index in [0.29, 0.717) is 23.7 Å². The van der Waals surface area contributed by atoms with E-state index in [2.05, 4.69) is 15.3 Å². The summed E-state index contributed by atoms with van der Waals surface area (Å²) in [7, 11) is 1.75. The first-order valence-electron chi connectivity index (χ1n) is 11.1. The van der Waals surface area contributed by atoms with E-state index < -0.39 is 11.8 Å². The third-order valence-electron chi connectivity index (χ3n) is 5.96. The van der Waals surface area contributed by atoms with Gasteiger partial charge in [-0.1, -0.05) is 0 Å². The van der Waals surface area contributed by atoms with Gasteiger partial charge in [0.2, 0.25) is 11.8 Å². The van der Waals surface area contributed by atoms with E-state index in [1.807, 2.05) is 6.92 Å². The molecule has 1 N–H and O–H groups in total. The molecule has 0 aromatic carbocycles. The summed E-state index contributed by atoms with van der Waals surface area (Å²) in [5, 5.41) is 2.82. The van der Waals surface area contributed by atoms with Crippen molar-refractivity contribution in [3.05, 3.63) is 12.1 Å². The number of hydrogen-bond acceptors (Lipinski definition) is 6. The van der Waals surface area contributed by atoms with Crippen LogP contribution in [0.5, 0.6) is 11.9 Å². The minimum Gasteiger partial charge on any atom is -0.474 e. The number of nitrogens with one attached hydrogen (secondary N) is 1. The quantitative estimate of drug-likeness (QED) is 0.629. The summed E-state index contributed by atoms with van der Waals surface area (Å²) in [5.41, 5.74) is 1.21. The SMILES string of the molecule is CC(=O)N[C@@H](C)COC1CCC(Oc2ccc3nc(OCC4CC4(F)F)n(C)c3n2)CC1. The standard InChI is InChI=1S/C22H30F2N4O4/c1-13(25-14(2)29)11-30-16-4-6-17(7-5-16)32-19-9-8-18-20(27-19)28(3)21(26-18)31-12-15-10-22(15,23)24/h8-9,13,15-17H,4-7,10-12H2,1-3H3,(H,25,29)/t13-,15?,16?,17?/m0/s1. The third-order valence-corrected chi connectivity index (χ3v) is 5.96. The Kier molecular flexibility index (Phi) is 6.50. The van der Waals surface area contributed by atoms with Gasteiger partial charge in [0.1, 0.15) is 18.2 Å². The molecule has 0 bridgehead atoms. The van der Waals surface area contributed by atoms with Gasteiger partial charge in [-0.05, 0) is 38.7 Å². The smallest absolute Gasteiger partial charge is 0.298 e. The number of amides is 1. The molecule has 32 heavy (non-hydrogen) atoms. The molecule has 1 unspecified atom stereocenters. The molecule has 8 nitrogen and oxygen atoms in total. The molecule has 0 saturated heterocycles. The molecule has 4 rings (SSSR count). The lowest BCUT2D eigenvalue weighted by Crippen LogP contribution is -2.36. The Bertz CT molecular complexity index is 959. The molecule has 0 spiro atoms. The van der Waals surface area contributed by atoms with E-state index >= 15 is 0 Å². The number of ether oxygens (including phenoxy) is 3. The van der Waals surface area contributed by atoms with Crippen molar-refractivity contribution in [2.75, 3.05) is 13.2 Å². The molecule has 2 aromatic rings. The number of halogens is 2. The maximum atomic E-state index is 13.1. The van der Waals surface area contributed by atoms with Crippen LogP contribution in [-0.2, 0) is 16.6 Å². The summed E-state index contributed by atoms with van der Waals surface area (Å²) in [4.78, 5) is 20.0. The number of carbonyl (C=O) groups is 1. The van der Waals surface area contributed by atoms with Crippen molar-refractivity contribution < 1.29 is 27.8 Å². The second-order valence-electron chi connectivity index (χ2n) is 8.87. The number of fused-ring (bicyclic) bond motifs is 1. The first kappa shape index (κ1) is 22.7. The van der Waals surface area contributed by atoms with Crippen LogP contribution in [0.3, 0.4) is 0 Å². The lowest BCUT2D eigenvalue weighted by Gasteiger charge is -2.29. The third kappa shape index (κ3) is 5.46. The Balaban J connectivity index is 1.27. The highest BCUT2D eigenvalue weighted by Crippen LogP contribution is 2.48. The molecule has 2 saturated carbocycles. The van der Waals surface area contributed by atoms with Gasteiger partial charge in [0.05, 0.1) is 18.6 Å². The van der Waals surface area contributed by atoms with Gasteiger partial charge in [0.15, 0.2) is 5.65 Å². The fourth-order valence-corrected chi connectivity index (χ4v) is 4.00. The van der Waals surface area contributed by atoms with Crippen LogP contribution in [0.15, 0.2) is 12.1 Å². The number of aryl methyl sites for hydroxylation is 1. The molecular formula is C22H30F2N4O4. The Labute approximate surface area is 185 Å². The van der Waals surface area contributed by atoms with E-state index in [-0.39, 0.29) is 43.2 Å². The maximum Gasteiger partial charge on any atom is 0.298 e. The Morgan fingerprint density at radius 2 is 1.94 bits per heavy atom. The lowest BCUT2D eigenvalue weighted by atomic mass is 9.95. The molecule has 0 radical (unpaired) electrons. The predicted molar refractivity (Wildman–Crippen MR) is 113 cm³/mol. The zero-order valence-corrected chi connectivity index (χ0v) is 18.6. The van der Waals surface area contributed by atoms with Gasteiger partial charge >= 0.3 is 0 Å². The highest BCUT2D eigenvalue weighted by atomic mass is 19.3. The average Bonchev–Trinajstić information content (AvgIpc) is 3.24. The van der Waals surface area contributed by atoms with Gasteiger partial charge in [-0.15, -0.1) is 0 Å². The zero-order valence-electron chi connectivity index (χ0n) is 18.6. The summed E-state index contributed by atoms with van der Waals surface area (Å²) in [5.74, 6) is -2.90. The highest BCUT2D eigenvalue weighted by molar-refractivity contribution is 5.73. The summed E-state index contributed by atoms with van der Waals surface area (Å²) < 4.78 is 45.3. The Morgan fingerprint density at radius 1 is 1.25 bits per heavy atom. The van der Waals surface area contributed by atoms with Crippen LogP contribution in [0.1, 0.15) is 46.0 Å². The first-order chi connectivity index (χ1) is 15.2. The van der Waals surface area contributed by atoms with Gasteiger partial charge in [0, 0.05) is 32.5 Å². The Hall–Kier alpha value is -2.49. The molecule has 2 heterocycles. The fourth-order valence-electron chi connectivity index (χ4n) is 4.00. The molecule has 2 aliphatic rings. The zero-order chi connectivity index (χ0) is 22.9. The number of nitrogens with zero attached hydrogens (tertiary/aromatic N) is 3. The number of alkyl halides is 2. The second kappa shape index (κ2) is 9.17. The van der Waals surface area contributed by atoms with E-state index in [1.165, 1.54) is 6.92 Å². The minimum atomic E-state index is -2.61. The van der Waals surface area contributed by atoms with Crippen LogP contribution in [-0.4, -0.2) is 57.8 Å². The largest absolute Gasteiger partial charge is 0.474 e. The van der Waals surface area contributed by atoms with Crippen molar-refractivity contribution in [1.29, 1.82) is 0 Å². The van der Waals surface area contributed by atoms with E-state index in [9.17, 15) is 13.6 Å². The molecular weight excluding hydrogens is 422 g/mol. The summed E-state index contributed by atoms with van der Waals surface area (Å²) in [6, 6.07) is 3.84. The number of rotatable bonds is 9. The monoisotopic (exact) mass is 452 g/mol. The predicted octanol–water partition coefficient (Wildman–Crippen LogP) is 3.23. The Morgan fingerprint density at radius 3 is 2.59 bits per heavy atom. The number of pyridine rings is 1. The molecule has 2 aliphatic carbocycles. The normalized spacial score (nSPS) is 25.3. The van der Waals surface area contributed by atoms with Crippen LogP contribution in [0.2, 0.25) is 0 Å². The topological polar surface area (TPSA) is 87.5 Å². The van der Waals surface area contributed by atoms with Crippen molar-refractivity contribution in [3.8, 4) is 11.9 Å². The molecule has 1 amide bonds. The maximum absolute atomic E-state index is 13.1. The van der Waals surface area contributed by atoms with Crippen molar-refractivity contribution in [2.24, 2.45) is 13.0 Å². The van der Waals surface area contributed by atoms with Crippen LogP contribution in [0.25, 0.3) is 11.2 Å². The van der Waals surface area contributed by atoms with Crippen molar-refractivity contribution in [2.45, 2.75) is 70.1 Å². The van der Waals surface area contributed by atoms with E-state index in [0.717, 1.165) is 25.7 Å². The number of carbonyl (C=O) groups excluding carboxylic acids is 1. The average molecular weight is 453 g/mol. The van der Waals surface area contributed by atoms with E-state index in [4.69, 9.17) is 14.2 Å². The second-order valence-corrected chi connectivity index (χ2v) is 8.87. The van der Waals surface area contributed by atoms with Gasteiger partial charge < -0.3 is 19.5 Å². The van der Waals surface area contributed by atoms with Crippen molar-refractivity contribution in [1.82, 2.24) is 19.9 Å². The van der Waals surface area contributed by atoms with Gasteiger partial charge in [-0.2, -0.15) is 9.97 Å². The molecule has 2 aromatic heterocycles. The summed E-state index contributed by atoms with van der Waals surface area (Å²) in [6.07, 6.45) is 3.56. The van der Waals surface area contributed by atoms with Gasteiger partial charge in [0.25, 0.3) is 11.9 Å². The molecule has 2 atom stereocenters. The van der Waals surface area contributed by atoms with Gasteiger partial charge in [-0.3, -0.25) is 9.36 Å². The minimum absolute atomic E-state index is 0.00840.